The maximum absolute atomic E-state index is 14.4. The molecule has 5 rings (SSSR count). The van der Waals surface area contributed by atoms with E-state index in [-0.39, 0.29) is 35.0 Å². The van der Waals surface area contributed by atoms with Crippen molar-refractivity contribution < 1.29 is 27.6 Å². The molecular formula is C26H22ClF3N4O3S. The number of carbonyl (C=O) groups is 3. The van der Waals surface area contributed by atoms with Crippen LogP contribution in [0, 0.1) is 5.82 Å². The first kappa shape index (κ1) is 26.2. The third kappa shape index (κ3) is 5.12. The zero-order chi connectivity index (χ0) is 27.0. The molecule has 12 heteroatoms. The van der Waals surface area contributed by atoms with E-state index >= 15 is 0 Å². The summed E-state index contributed by atoms with van der Waals surface area (Å²) in [6.07, 6.45) is 0.657. The largest absolute Gasteiger partial charge is 0.351 e. The van der Waals surface area contributed by atoms with Crippen LogP contribution in [0.3, 0.4) is 0 Å². The lowest BCUT2D eigenvalue weighted by atomic mass is 9.87. The molecule has 1 N–H and O–H groups in total. The van der Waals surface area contributed by atoms with Crippen molar-refractivity contribution in [2.45, 2.75) is 49.7 Å². The summed E-state index contributed by atoms with van der Waals surface area (Å²) in [7, 11) is 0. The van der Waals surface area contributed by atoms with E-state index in [9.17, 15) is 27.6 Å². The molecule has 2 aromatic carbocycles. The molecule has 198 valence electrons. The van der Waals surface area contributed by atoms with E-state index in [1.54, 1.807) is 18.2 Å². The van der Waals surface area contributed by atoms with E-state index in [0.717, 1.165) is 11.0 Å². The monoisotopic (exact) mass is 562 g/mol. The number of aromatic nitrogens is 1. The predicted octanol–water partition coefficient (Wildman–Crippen LogP) is 5.12. The third-order valence-corrected chi connectivity index (χ3v) is 7.74. The van der Waals surface area contributed by atoms with Crippen molar-refractivity contribution in [2.75, 3.05) is 9.80 Å². The number of carbonyl (C=O) groups excluding carboxylic acids is 3. The Bertz CT molecular complexity index is 1370. The number of rotatable bonds is 7. The summed E-state index contributed by atoms with van der Waals surface area (Å²) in [5.74, 6) is -5.21. The normalized spacial score (nSPS) is 19.6. The van der Waals surface area contributed by atoms with Crippen molar-refractivity contribution in [1.82, 2.24) is 10.3 Å². The molecule has 0 radical (unpaired) electrons. The molecule has 1 aliphatic carbocycles. The number of nitrogens with zero attached hydrogens (tertiary/aromatic N) is 3. The molecule has 2 atom stereocenters. The maximum Gasteiger partial charge on any atom is 0.252 e. The Morgan fingerprint density at radius 1 is 1.18 bits per heavy atom. The number of anilines is 2. The van der Waals surface area contributed by atoms with Crippen molar-refractivity contribution >= 4 is 51.3 Å². The number of hydrogen-bond acceptors (Lipinski definition) is 5. The summed E-state index contributed by atoms with van der Waals surface area (Å²) in [4.78, 5) is 47.2. The van der Waals surface area contributed by atoms with Gasteiger partial charge in [-0.2, -0.15) is 0 Å². The number of hydrogen-bond donors (Lipinski definition) is 1. The molecular weight excluding hydrogens is 541 g/mol. The highest BCUT2D eigenvalue weighted by atomic mass is 35.5. The van der Waals surface area contributed by atoms with Crippen LogP contribution in [0.1, 0.15) is 37.3 Å². The van der Waals surface area contributed by atoms with Gasteiger partial charge < -0.3 is 5.32 Å². The Kier molecular flexibility index (Phi) is 7.15. The predicted molar refractivity (Wildman–Crippen MR) is 137 cm³/mol. The SMILES string of the molecule is O=C(NC1CC(F)(F)C1)C(c1ccccc1Cl)N(C(=O)C1CCC(=O)N1c1cncs1)c1cccc(F)c1. The molecule has 1 aromatic heterocycles. The summed E-state index contributed by atoms with van der Waals surface area (Å²) in [5, 5.41) is 3.22. The molecule has 2 fully saturated rings. The summed E-state index contributed by atoms with van der Waals surface area (Å²) in [6.45, 7) is 0. The van der Waals surface area contributed by atoms with Gasteiger partial charge >= 0.3 is 0 Å². The molecule has 1 saturated carbocycles. The van der Waals surface area contributed by atoms with E-state index < -0.39 is 54.5 Å². The molecule has 0 spiro atoms. The molecule has 38 heavy (non-hydrogen) atoms. The van der Waals surface area contributed by atoms with Crippen LogP contribution in [0.4, 0.5) is 23.9 Å². The zero-order valence-corrected chi connectivity index (χ0v) is 21.4. The van der Waals surface area contributed by atoms with Crippen LogP contribution < -0.4 is 15.1 Å². The topological polar surface area (TPSA) is 82.6 Å². The second kappa shape index (κ2) is 10.4. The number of nitrogens with one attached hydrogen (secondary N) is 1. The Labute approximate surface area is 225 Å². The van der Waals surface area contributed by atoms with Crippen molar-refractivity contribution in [1.29, 1.82) is 0 Å². The second-order valence-corrected chi connectivity index (χ2v) is 10.5. The Morgan fingerprint density at radius 3 is 2.61 bits per heavy atom. The average Bonchev–Trinajstić information content (AvgIpc) is 3.51. The Balaban J connectivity index is 1.59. The summed E-state index contributed by atoms with van der Waals surface area (Å²) in [6, 6.07) is 8.25. The van der Waals surface area contributed by atoms with Gasteiger partial charge in [-0.05, 0) is 30.7 Å². The minimum Gasteiger partial charge on any atom is -0.351 e. The standard InChI is InChI=1S/C26H22ClF3N4O3S/c27-19-7-2-1-6-18(19)23(24(36)32-16-11-26(29,30)12-16)33(17-5-3-4-15(28)10-17)25(37)20-8-9-21(35)34(20)22-13-31-14-38-22/h1-7,10,13-14,16,20,23H,8-9,11-12H2,(H,32,36). The van der Waals surface area contributed by atoms with Gasteiger partial charge in [-0.25, -0.2) is 13.2 Å². The minimum atomic E-state index is -2.88. The molecule has 7 nitrogen and oxygen atoms in total. The molecule has 0 bridgehead atoms. The number of thiazole rings is 1. The number of benzene rings is 2. The van der Waals surface area contributed by atoms with Gasteiger partial charge in [-0.1, -0.05) is 35.9 Å². The van der Waals surface area contributed by atoms with Gasteiger partial charge in [0.05, 0.1) is 11.7 Å². The molecule has 3 amide bonds. The average molecular weight is 563 g/mol. The third-order valence-electron chi connectivity index (χ3n) is 6.62. The highest BCUT2D eigenvalue weighted by molar-refractivity contribution is 7.14. The van der Waals surface area contributed by atoms with Gasteiger partial charge in [0.1, 0.15) is 22.9 Å². The molecule has 2 unspecified atom stereocenters. The maximum atomic E-state index is 14.4. The summed E-state index contributed by atoms with van der Waals surface area (Å²) < 4.78 is 41.5. The van der Waals surface area contributed by atoms with Crippen molar-refractivity contribution in [2.24, 2.45) is 0 Å². The first-order valence-electron chi connectivity index (χ1n) is 11.9. The van der Waals surface area contributed by atoms with Crippen LogP contribution in [0.25, 0.3) is 0 Å². The second-order valence-electron chi connectivity index (χ2n) is 9.24. The van der Waals surface area contributed by atoms with E-state index in [1.165, 1.54) is 52.2 Å². The summed E-state index contributed by atoms with van der Waals surface area (Å²) in [5.41, 5.74) is 1.81. The number of alkyl halides is 2. The summed E-state index contributed by atoms with van der Waals surface area (Å²) >= 11 is 7.65. The fourth-order valence-electron chi connectivity index (χ4n) is 4.85. The van der Waals surface area contributed by atoms with Crippen LogP contribution in [0.15, 0.2) is 60.2 Å². The molecule has 2 heterocycles. The van der Waals surface area contributed by atoms with Crippen LogP contribution in [0.2, 0.25) is 5.02 Å². The van der Waals surface area contributed by atoms with Crippen LogP contribution in [0.5, 0.6) is 0 Å². The minimum absolute atomic E-state index is 0.0533. The van der Waals surface area contributed by atoms with Gasteiger partial charge in [-0.3, -0.25) is 29.2 Å². The quantitative estimate of drug-likeness (QED) is 0.433. The smallest absolute Gasteiger partial charge is 0.252 e. The van der Waals surface area contributed by atoms with Crippen LogP contribution in [-0.2, 0) is 14.4 Å². The molecule has 3 aromatic rings. The van der Waals surface area contributed by atoms with E-state index in [2.05, 4.69) is 10.3 Å². The number of halogens is 4. The van der Waals surface area contributed by atoms with Gasteiger partial charge in [0.25, 0.3) is 11.8 Å². The van der Waals surface area contributed by atoms with Crippen LogP contribution >= 0.6 is 22.9 Å². The molecule has 2 aliphatic rings. The van der Waals surface area contributed by atoms with Gasteiger partial charge in [0.15, 0.2) is 0 Å². The van der Waals surface area contributed by atoms with Crippen LogP contribution in [-0.4, -0.2) is 40.7 Å². The molecule has 1 aliphatic heterocycles. The molecule has 1 saturated heterocycles. The first-order valence-corrected chi connectivity index (χ1v) is 13.1. The van der Waals surface area contributed by atoms with Crippen molar-refractivity contribution in [3.8, 4) is 0 Å². The lowest BCUT2D eigenvalue weighted by molar-refractivity contribution is -0.133. The Morgan fingerprint density at radius 2 is 1.95 bits per heavy atom. The highest BCUT2D eigenvalue weighted by Gasteiger charge is 2.48. The lowest BCUT2D eigenvalue weighted by Crippen LogP contribution is -2.56. The van der Waals surface area contributed by atoms with Gasteiger partial charge in [-0.15, -0.1) is 11.3 Å². The Hall–Kier alpha value is -3.44. The van der Waals surface area contributed by atoms with E-state index in [1.807, 2.05) is 0 Å². The fourth-order valence-corrected chi connectivity index (χ4v) is 5.78. The first-order chi connectivity index (χ1) is 18.1. The lowest BCUT2D eigenvalue weighted by Gasteiger charge is -2.39. The van der Waals surface area contributed by atoms with Gasteiger partial charge in [0, 0.05) is 41.6 Å². The van der Waals surface area contributed by atoms with Crippen molar-refractivity contribution in [3.05, 3.63) is 76.6 Å². The van der Waals surface area contributed by atoms with Gasteiger partial charge in [0.2, 0.25) is 11.8 Å². The zero-order valence-electron chi connectivity index (χ0n) is 19.8. The van der Waals surface area contributed by atoms with Crippen molar-refractivity contribution in [3.63, 3.8) is 0 Å². The van der Waals surface area contributed by atoms with E-state index in [4.69, 9.17) is 11.6 Å². The number of amides is 3. The fraction of sp³-hybridized carbons (Fsp3) is 0.308. The van der Waals surface area contributed by atoms with E-state index in [0.29, 0.717) is 5.00 Å². The highest BCUT2D eigenvalue weighted by Crippen LogP contribution is 2.40.